The van der Waals surface area contributed by atoms with Crippen molar-refractivity contribution >= 4 is 15.9 Å². The van der Waals surface area contributed by atoms with Gasteiger partial charge in [-0.05, 0) is 0 Å². The second-order valence-electron chi connectivity index (χ2n) is 2.84. The van der Waals surface area contributed by atoms with Crippen LogP contribution < -0.4 is 4.74 Å². The summed E-state index contributed by atoms with van der Waals surface area (Å²) in [5.74, 6) is -1.05. The fourth-order valence-electron chi connectivity index (χ4n) is 1.03. The van der Waals surface area contributed by atoms with E-state index in [1.807, 2.05) is 0 Å². The molecule has 1 aromatic rings. The summed E-state index contributed by atoms with van der Waals surface area (Å²) in [7, 11) is 1.53. The van der Waals surface area contributed by atoms with Crippen molar-refractivity contribution in [1.82, 2.24) is 0 Å². The van der Waals surface area contributed by atoms with Gasteiger partial charge < -0.3 is 9.47 Å². The molecule has 0 unspecified atom stereocenters. The number of ether oxygens (including phenoxy) is 2. The number of benzene rings is 1. The van der Waals surface area contributed by atoms with Crippen molar-refractivity contribution in [2.75, 3.05) is 20.3 Å². The summed E-state index contributed by atoms with van der Waals surface area (Å²) < 4.78 is 36.3. The SMILES string of the molecule is COCCOc1cc(F)c(CBr)c(F)c1. The fourth-order valence-corrected chi connectivity index (χ4v) is 1.57. The average Bonchev–Trinajstić information content (AvgIpc) is 2.18. The van der Waals surface area contributed by atoms with Crippen molar-refractivity contribution in [1.29, 1.82) is 0 Å². The maximum absolute atomic E-state index is 13.2. The smallest absolute Gasteiger partial charge is 0.133 e. The third-order valence-electron chi connectivity index (χ3n) is 1.80. The predicted octanol–water partition coefficient (Wildman–Crippen LogP) is 2.88. The van der Waals surface area contributed by atoms with Gasteiger partial charge in [0.2, 0.25) is 0 Å². The van der Waals surface area contributed by atoms with Crippen LogP contribution in [0.5, 0.6) is 5.75 Å². The quantitative estimate of drug-likeness (QED) is 0.610. The van der Waals surface area contributed by atoms with Crippen molar-refractivity contribution in [2.45, 2.75) is 5.33 Å². The molecule has 0 aliphatic heterocycles. The molecule has 0 heterocycles. The Morgan fingerprint density at radius 3 is 2.27 bits per heavy atom. The number of methoxy groups -OCH3 is 1. The molecule has 2 nitrogen and oxygen atoms in total. The highest BCUT2D eigenvalue weighted by atomic mass is 79.9. The van der Waals surface area contributed by atoms with Crippen LogP contribution in [0.4, 0.5) is 8.78 Å². The fraction of sp³-hybridized carbons (Fsp3) is 0.400. The molecule has 1 aromatic carbocycles. The van der Waals surface area contributed by atoms with E-state index in [0.29, 0.717) is 6.61 Å². The largest absolute Gasteiger partial charge is 0.491 e. The first-order valence-corrected chi connectivity index (χ1v) is 5.46. The van der Waals surface area contributed by atoms with Crippen molar-refractivity contribution in [2.24, 2.45) is 0 Å². The highest BCUT2D eigenvalue weighted by Crippen LogP contribution is 2.22. The zero-order valence-corrected chi connectivity index (χ0v) is 9.81. The minimum atomic E-state index is -0.612. The van der Waals surface area contributed by atoms with Crippen molar-refractivity contribution in [3.05, 3.63) is 29.3 Å². The van der Waals surface area contributed by atoms with E-state index < -0.39 is 11.6 Å². The van der Waals surface area contributed by atoms with Crippen LogP contribution in [-0.2, 0) is 10.1 Å². The van der Waals surface area contributed by atoms with Gasteiger partial charge in [0, 0.05) is 30.1 Å². The van der Waals surface area contributed by atoms with Gasteiger partial charge in [-0.3, -0.25) is 0 Å². The Hall–Kier alpha value is -0.680. The van der Waals surface area contributed by atoms with Crippen molar-refractivity contribution < 1.29 is 18.3 Å². The highest BCUT2D eigenvalue weighted by Gasteiger charge is 2.10. The molecule has 0 N–H and O–H groups in total. The van der Waals surface area contributed by atoms with Crippen LogP contribution in [0.15, 0.2) is 12.1 Å². The minimum absolute atomic E-state index is 0.00842. The molecule has 0 bridgehead atoms. The number of hydrogen-bond acceptors (Lipinski definition) is 2. The molecule has 84 valence electrons. The first kappa shape index (κ1) is 12.4. The van der Waals surface area contributed by atoms with E-state index in [1.165, 1.54) is 7.11 Å². The molecular weight excluding hydrogens is 270 g/mol. The Bertz CT molecular complexity index is 308. The Kier molecular flexibility index (Phi) is 4.98. The third-order valence-corrected chi connectivity index (χ3v) is 2.37. The molecule has 0 amide bonds. The van der Waals surface area contributed by atoms with E-state index >= 15 is 0 Å². The molecule has 0 saturated carbocycles. The normalized spacial score (nSPS) is 10.4. The summed E-state index contributed by atoms with van der Waals surface area (Å²) in [6, 6.07) is 2.32. The Morgan fingerprint density at radius 2 is 1.80 bits per heavy atom. The lowest BCUT2D eigenvalue weighted by molar-refractivity contribution is 0.146. The van der Waals surface area contributed by atoms with E-state index in [1.54, 1.807) is 0 Å². The van der Waals surface area contributed by atoms with Gasteiger partial charge >= 0.3 is 0 Å². The van der Waals surface area contributed by atoms with E-state index in [9.17, 15) is 8.78 Å². The molecule has 1 rings (SSSR count). The summed E-state index contributed by atoms with van der Waals surface area (Å²) in [6.07, 6.45) is 0. The molecule has 0 aliphatic rings. The summed E-state index contributed by atoms with van der Waals surface area (Å²) in [6.45, 7) is 0.645. The number of halogens is 3. The van der Waals surface area contributed by atoms with Gasteiger partial charge in [-0.2, -0.15) is 0 Å². The van der Waals surface area contributed by atoms with E-state index in [-0.39, 0.29) is 23.2 Å². The van der Waals surface area contributed by atoms with Gasteiger partial charge in [0.15, 0.2) is 0 Å². The van der Waals surface area contributed by atoms with E-state index in [2.05, 4.69) is 15.9 Å². The van der Waals surface area contributed by atoms with Crippen LogP contribution in [0.25, 0.3) is 0 Å². The molecule has 0 spiro atoms. The van der Waals surface area contributed by atoms with Crippen molar-refractivity contribution in [3.63, 3.8) is 0 Å². The second kappa shape index (κ2) is 6.02. The van der Waals surface area contributed by atoms with E-state index in [4.69, 9.17) is 9.47 Å². The molecular formula is C10H11BrF2O2. The molecule has 0 radical (unpaired) electrons. The van der Waals surface area contributed by atoms with Crippen LogP contribution in [0.3, 0.4) is 0 Å². The van der Waals surface area contributed by atoms with Gasteiger partial charge in [0.1, 0.15) is 24.0 Å². The maximum atomic E-state index is 13.2. The van der Waals surface area contributed by atoms with Crippen molar-refractivity contribution in [3.8, 4) is 5.75 Å². The Morgan fingerprint density at radius 1 is 1.20 bits per heavy atom. The third kappa shape index (κ3) is 3.43. The Labute approximate surface area is 95.3 Å². The Balaban J connectivity index is 2.75. The lowest BCUT2D eigenvalue weighted by atomic mass is 10.2. The van der Waals surface area contributed by atoms with Crippen LogP contribution in [0, 0.1) is 11.6 Å². The average molecular weight is 281 g/mol. The highest BCUT2D eigenvalue weighted by molar-refractivity contribution is 9.08. The predicted molar refractivity (Wildman–Crippen MR) is 56.4 cm³/mol. The molecule has 0 aromatic heterocycles. The summed E-state index contributed by atoms with van der Waals surface area (Å²) in [4.78, 5) is 0. The second-order valence-corrected chi connectivity index (χ2v) is 3.40. The van der Waals surface area contributed by atoms with Crippen LogP contribution in [0.1, 0.15) is 5.56 Å². The monoisotopic (exact) mass is 280 g/mol. The molecule has 0 saturated heterocycles. The lowest BCUT2D eigenvalue weighted by Gasteiger charge is -2.07. The zero-order valence-electron chi connectivity index (χ0n) is 8.23. The molecule has 0 atom stereocenters. The molecule has 5 heteroatoms. The lowest BCUT2D eigenvalue weighted by Crippen LogP contribution is -2.05. The van der Waals surface area contributed by atoms with Gasteiger partial charge in [0.05, 0.1) is 6.61 Å². The van der Waals surface area contributed by atoms with Gasteiger partial charge in [-0.1, -0.05) is 15.9 Å². The zero-order chi connectivity index (χ0) is 11.3. The first-order chi connectivity index (χ1) is 7.19. The van der Waals surface area contributed by atoms with Gasteiger partial charge in [-0.25, -0.2) is 8.78 Å². The minimum Gasteiger partial charge on any atom is -0.491 e. The van der Waals surface area contributed by atoms with Crippen LogP contribution >= 0.6 is 15.9 Å². The summed E-state index contributed by atoms with van der Waals surface area (Å²) in [5.41, 5.74) is 0.00842. The van der Waals surface area contributed by atoms with Gasteiger partial charge in [-0.15, -0.1) is 0 Å². The topological polar surface area (TPSA) is 18.5 Å². The molecule has 0 aliphatic carbocycles. The maximum Gasteiger partial charge on any atom is 0.133 e. The van der Waals surface area contributed by atoms with Crippen LogP contribution in [-0.4, -0.2) is 20.3 Å². The number of alkyl halides is 1. The van der Waals surface area contributed by atoms with Gasteiger partial charge in [0.25, 0.3) is 0 Å². The van der Waals surface area contributed by atoms with E-state index in [0.717, 1.165) is 12.1 Å². The summed E-state index contributed by atoms with van der Waals surface area (Å²) >= 11 is 3.01. The molecule has 0 fully saturated rings. The first-order valence-electron chi connectivity index (χ1n) is 4.34. The molecule has 15 heavy (non-hydrogen) atoms. The summed E-state index contributed by atoms with van der Waals surface area (Å²) in [5, 5.41) is 0.142. The standard InChI is InChI=1S/C10H11BrF2O2/c1-14-2-3-15-7-4-9(12)8(6-11)10(13)5-7/h4-5H,2-3,6H2,1H3. The van der Waals surface area contributed by atoms with Crippen LogP contribution in [0.2, 0.25) is 0 Å². The number of rotatable bonds is 5. The number of hydrogen-bond donors (Lipinski definition) is 0.